The van der Waals surface area contributed by atoms with Gasteiger partial charge in [0.15, 0.2) is 0 Å². The van der Waals surface area contributed by atoms with Crippen molar-refractivity contribution < 1.29 is 28.4 Å². The van der Waals surface area contributed by atoms with Crippen LogP contribution in [0.4, 0.5) is 0 Å². The molecule has 3 atom stereocenters. The maximum absolute atomic E-state index is 12.6. The summed E-state index contributed by atoms with van der Waals surface area (Å²) >= 11 is 0. The number of aliphatic hydroxyl groups is 1. The van der Waals surface area contributed by atoms with Crippen LogP contribution in [-0.2, 0) is 18.4 Å². The van der Waals surface area contributed by atoms with Gasteiger partial charge in [-0.15, -0.1) is 0 Å². The molecule has 0 aliphatic heterocycles. The van der Waals surface area contributed by atoms with Crippen LogP contribution in [0.15, 0.2) is 109 Å². The number of carbonyl (C=O) groups is 1. The van der Waals surface area contributed by atoms with Crippen LogP contribution in [0.3, 0.4) is 0 Å². The van der Waals surface area contributed by atoms with Crippen LogP contribution in [0.1, 0.15) is 110 Å². The Kier molecular flexibility index (Phi) is 33.9. The van der Waals surface area contributed by atoms with Gasteiger partial charge in [0.1, 0.15) is 0 Å². The second-order valence-corrected chi connectivity index (χ2v) is 13.1. The summed E-state index contributed by atoms with van der Waals surface area (Å²) < 4.78 is 21.9. The van der Waals surface area contributed by atoms with E-state index >= 15 is 0 Å². The number of phosphoric ester groups is 1. The predicted molar refractivity (Wildman–Crippen MR) is 212 cm³/mol. The number of carbonyl (C=O) groups excluding carboxylic acids is 1. The molecule has 0 rings (SSSR count). The Morgan fingerprint density at radius 1 is 0.680 bits per heavy atom. The molecule has 1 amide bonds. The first-order valence-corrected chi connectivity index (χ1v) is 20.0. The lowest BCUT2D eigenvalue weighted by Crippen LogP contribution is -2.45. The van der Waals surface area contributed by atoms with Crippen LogP contribution in [0, 0.1) is 0 Å². The second kappa shape index (κ2) is 36.0. The molecule has 8 nitrogen and oxygen atoms in total. The monoisotopic (exact) mass is 714 g/mol. The summed E-state index contributed by atoms with van der Waals surface area (Å²) in [4.78, 5) is 22.5. The van der Waals surface area contributed by atoms with Gasteiger partial charge in [-0.05, 0) is 77.0 Å². The molecule has 282 valence electrons. The van der Waals surface area contributed by atoms with Crippen molar-refractivity contribution >= 4 is 13.7 Å². The molecule has 0 aliphatic rings. The van der Waals surface area contributed by atoms with Crippen LogP contribution in [-0.4, -0.2) is 47.8 Å². The number of allylic oxidation sites excluding steroid dienone is 17. The van der Waals surface area contributed by atoms with E-state index in [2.05, 4.69) is 116 Å². The van der Waals surface area contributed by atoms with Gasteiger partial charge in [-0.2, -0.15) is 0 Å². The van der Waals surface area contributed by atoms with E-state index in [9.17, 15) is 19.4 Å². The molecule has 0 aromatic rings. The van der Waals surface area contributed by atoms with E-state index in [0.29, 0.717) is 6.42 Å². The zero-order chi connectivity index (χ0) is 36.8. The number of rotatable bonds is 32. The van der Waals surface area contributed by atoms with Crippen molar-refractivity contribution in [3.63, 3.8) is 0 Å². The van der Waals surface area contributed by atoms with E-state index in [4.69, 9.17) is 14.8 Å². The Bertz CT molecular complexity index is 1140. The number of aliphatic hydroxyl groups excluding tert-OH is 1. The van der Waals surface area contributed by atoms with Crippen molar-refractivity contribution in [3.05, 3.63) is 109 Å². The number of phosphoric acid groups is 1. The number of hydrogen-bond donors (Lipinski definition) is 4. The zero-order valence-electron chi connectivity index (χ0n) is 30.8. The van der Waals surface area contributed by atoms with Crippen molar-refractivity contribution in [2.24, 2.45) is 5.73 Å². The largest absolute Gasteiger partial charge is 0.472 e. The minimum absolute atomic E-state index is 0.0577. The third kappa shape index (κ3) is 33.6. The fourth-order valence-electron chi connectivity index (χ4n) is 4.30. The third-order valence-corrected chi connectivity index (χ3v) is 8.07. The minimum atomic E-state index is -4.36. The summed E-state index contributed by atoms with van der Waals surface area (Å²) in [7, 11) is -4.36. The van der Waals surface area contributed by atoms with Crippen molar-refractivity contribution in [2.45, 2.75) is 122 Å². The van der Waals surface area contributed by atoms with Crippen molar-refractivity contribution in [3.8, 4) is 0 Å². The molecule has 0 heterocycles. The van der Waals surface area contributed by atoms with E-state index in [0.717, 1.165) is 83.5 Å². The molecule has 0 aromatic heterocycles. The standard InChI is InChI=1S/C41H67N2O6P/c1-3-5-7-9-11-13-14-15-16-17-18-19-20-21-22-23-24-25-26-27-29-31-33-35-41(45)43-39(38-49-50(46,47)48-37-36-42)40(44)34-32-30-28-12-10-8-6-4-2/h5,7,10-13,15-16,18-19,21-22,24-25,27,29,32,34,39-40,44H,3-4,6,8-9,14,17,20,23,26,28,30-31,33,35-38,42H2,1-2H3,(H,43,45)(H,46,47)/b7-5-,12-10+,13-11-,16-15-,19-18-,22-21-,25-24-,29-27-,34-32+. The summed E-state index contributed by atoms with van der Waals surface area (Å²) in [6.07, 6.45) is 50.2. The SMILES string of the molecule is CC/C=C\C/C=C\C/C=C\C/C=C\C/C=C\C/C=C\C/C=C\CCCC(=O)NC(COP(=O)(O)OCCN)C(O)/C=C/CC/C=C/CCCC. The smallest absolute Gasteiger partial charge is 0.387 e. The zero-order valence-corrected chi connectivity index (χ0v) is 31.7. The highest BCUT2D eigenvalue weighted by molar-refractivity contribution is 7.47. The number of hydrogen-bond acceptors (Lipinski definition) is 6. The molecule has 50 heavy (non-hydrogen) atoms. The number of nitrogens with two attached hydrogens (primary N) is 1. The van der Waals surface area contributed by atoms with Gasteiger partial charge in [0, 0.05) is 13.0 Å². The average molecular weight is 715 g/mol. The first-order valence-electron chi connectivity index (χ1n) is 18.5. The molecular formula is C41H67N2O6P. The molecule has 0 aliphatic carbocycles. The van der Waals surface area contributed by atoms with Crippen LogP contribution >= 0.6 is 7.82 Å². The van der Waals surface area contributed by atoms with Crippen LogP contribution in [0.5, 0.6) is 0 Å². The predicted octanol–water partition coefficient (Wildman–Crippen LogP) is 9.82. The molecule has 3 unspecified atom stereocenters. The van der Waals surface area contributed by atoms with Gasteiger partial charge >= 0.3 is 7.82 Å². The molecule has 0 fully saturated rings. The summed E-state index contributed by atoms with van der Waals surface area (Å²) in [5.41, 5.74) is 5.33. The lowest BCUT2D eigenvalue weighted by atomic mass is 10.1. The maximum Gasteiger partial charge on any atom is 0.472 e. The van der Waals surface area contributed by atoms with Crippen LogP contribution in [0.2, 0.25) is 0 Å². The molecule has 0 saturated heterocycles. The van der Waals surface area contributed by atoms with Gasteiger partial charge in [-0.1, -0.05) is 136 Å². The van der Waals surface area contributed by atoms with E-state index in [-0.39, 0.29) is 25.5 Å². The molecule has 0 aromatic carbocycles. The maximum atomic E-state index is 12.6. The van der Waals surface area contributed by atoms with Gasteiger partial charge in [-0.25, -0.2) is 4.57 Å². The van der Waals surface area contributed by atoms with Crippen LogP contribution < -0.4 is 11.1 Å². The van der Waals surface area contributed by atoms with E-state index < -0.39 is 26.6 Å². The van der Waals surface area contributed by atoms with Crippen LogP contribution in [0.25, 0.3) is 0 Å². The minimum Gasteiger partial charge on any atom is -0.387 e. The first kappa shape index (κ1) is 47.2. The molecule has 5 N–H and O–H groups in total. The lowest BCUT2D eigenvalue weighted by molar-refractivity contribution is -0.122. The highest BCUT2D eigenvalue weighted by Gasteiger charge is 2.26. The number of amides is 1. The highest BCUT2D eigenvalue weighted by Crippen LogP contribution is 2.43. The quantitative estimate of drug-likeness (QED) is 0.0310. The van der Waals surface area contributed by atoms with Crippen molar-refractivity contribution in [1.29, 1.82) is 0 Å². The molecular weight excluding hydrogens is 647 g/mol. The number of unbranched alkanes of at least 4 members (excludes halogenated alkanes) is 4. The van der Waals surface area contributed by atoms with Crippen molar-refractivity contribution in [2.75, 3.05) is 19.8 Å². The third-order valence-electron chi connectivity index (χ3n) is 7.08. The van der Waals surface area contributed by atoms with Crippen molar-refractivity contribution in [1.82, 2.24) is 5.32 Å². The van der Waals surface area contributed by atoms with Gasteiger partial charge in [0.25, 0.3) is 0 Å². The Morgan fingerprint density at radius 3 is 1.66 bits per heavy atom. The Balaban J connectivity index is 4.37. The fourth-order valence-corrected chi connectivity index (χ4v) is 5.06. The average Bonchev–Trinajstić information content (AvgIpc) is 3.10. The number of nitrogens with one attached hydrogen (secondary N) is 1. The summed E-state index contributed by atoms with van der Waals surface area (Å²) in [6, 6.07) is -0.913. The fraction of sp³-hybridized carbons (Fsp3) is 0.537. The van der Waals surface area contributed by atoms with E-state index in [1.165, 1.54) is 0 Å². The molecule has 9 heteroatoms. The van der Waals surface area contributed by atoms with Gasteiger partial charge in [0.05, 0.1) is 25.4 Å². The first-order chi connectivity index (χ1) is 24.4. The Morgan fingerprint density at radius 2 is 1.14 bits per heavy atom. The van der Waals surface area contributed by atoms with Gasteiger partial charge < -0.3 is 21.1 Å². The normalized spacial score (nSPS) is 15.5. The summed E-state index contributed by atoms with van der Waals surface area (Å²) in [5.74, 6) is -0.272. The van der Waals surface area contributed by atoms with E-state index in [1.54, 1.807) is 6.08 Å². The molecule has 0 radical (unpaired) electrons. The van der Waals surface area contributed by atoms with E-state index in [1.807, 2.05) is 6.08 Å². The van der Waals surface area contributed by atoms with Gasteiger partial charge in [-0.3, -0.25) is 13.8 Å². The van der Waals surface area contributed by atoms with Gasteiger partial charge in [0.2, 0.25) is 5.91 Å². The Hall–Kier alpha value is -2.84. The second-order valence-electron chi connectivity index (χ2n) is 11.7. The summed E-state index contributed by atoms with van der Waals surface area (Å²) in [5, 5.41) is 13.4. The topological polar surface area (TPSA) is 131 Å². The summed E-state index contributed by atoms with van der Waals surface area (Å²) in [6.45, 7) is 3.82. The Labute approximate surface area is 304 Å². The lowest BCUT2D eigenvalue weighted by Gasteiger charge is -2.23. The highest BCUT2D eigenvalue weighted by atomic mass is 31.2. The molecule has 0 saturated carbocycles. The molecule has 0 spiro atoms. The molecule has 0 bridgehead atoms.